The van der Waals surface area contributed by atoms with Crippen molar-refractivity contribution in [1.82, 2.24) is 15.3 Å². The molecule has 1 saturated heterocycles. The summed E-state index contributed by atoms with van der Waals surface area (Å²) in [6.07, 6.45) is -1.74. The van der Waals surface area contributed by atoms with Gasteiger partial charge in [0.05, 0.1) is 10.3 Å². The summed E-state index contributed by atoms with van der Waals surface area (Å²) in [5.41, 5.74) is -0.751. The first-order chi connectivity index (χ1) is 10.9. The number of thiophene rings is 1. The molecule has 1 aliphatic rings. The normalized spacial score (nSPS) is 15.9. The number of fused-ring (bicyclic) bond motifs is 1. The lowest BCUT2D eigenvalue weighted by Gasteiger charge is -2.27. The third-order valence-corrected chi connectivity index (χ3v) is 4.76. The minimum absolute atomic E-state index is 0.0491. The lowest BCUT2D eigenvalue weighted by atomic mass is 10.1. The van der Waals surface area contributed by atoms with E-state index in [1.54, 1.807) is 4.90 Å². The largest absolute Gasteiger partial charge is 0.434 e. The molecule has 23 heavy (non-hydrogen) atoms. The lowest BCUT2D eigenvalue weighted by Crippen LogP contribution is -2.31. The molecular formula is C14H15F3N4OS. The van der Waals surface area contributed by atoms with Gasteiger partial charge in [-0.1, -0.05) is 0 Å². The first kappa shape index (κ1) is 16.0. The second kappa shape index (κ2) is 5.95. The molecule has 2 aromatic rings. The maximum atomic E-state index is 13.4. The predicted molar refractivity (Wildman–Crippen MR) is 81.9 cm³/mol. The average molecular weight is 344 g/mol. The van der Waals surface area contributed by atoms with Crippen LogP contribution in [0.3, 0.4) is 0 Å². The molecule has 1 N–H and O–H groups in total. The summed E-state index contributed by atoms with van der Waals surface area (Å²) in [4.78, 5) is 21.7. The summed E-state index contributed by atoms with van der Waals surface area (Å²) in [5, 5.41) is 3.83. The van der Waals surface area contributed by atoms with Crippen molar-refractivity contribution in [2.75, 3.05) is 25.0 Å². The average Bonchev–Trinajstić information content (AvgIpc) is 2.97. The number of rotatable bonds is 2. The first-order valence-electron chi connectivity index (χ1n) is 7.25. The number of amides is 1. The lowest BCUT2D eigenvalue weighted by molar-refractivity contribution is -0.139. The minimum Gasteiger partial charge on any atom is -0.355 e. The summed E-state index contributed by atoms with van der Waals surface area (Å²) in [6.45, 7) is 1.25. The van der Waals surface area contributed by atoms with Crippen molar-refractivity contribution in [3.05, 3.63) is 16.6 Å². The molecule has 0 bridgehead atoms. The van der Waals surface area contributed by atoms with E-state index < -0.39 is 17.8 Å². The Morgan fingerprint density at radius 1 is 1.26 bits per heavy atom. The molecule has 124 valence electrons. The predicted octanol–water partition coefficient (Wildman–Crippen LogP) is 3.06. The topological polar surface area (TPSA) is 58.1 Å². The first-order valence-corrected chi connectivity index (χ1v) is 8.13. The Kier molecular flexibility index (Phi) is 4.13. The van der Waals surface area contributed by atoms with E-state index in [0.717, 1.165) is 30.6 Å². The van der Waals surface area contributed by atoms with Crippen molar-refractivity contribution in [1.29, 1.82) is 0 Å². The van der Waals surface area contributed by atoms with E-state index in [1.807, 2.05) is 0 Å². The van der Waals surface area contributed by atoms with Gasteiger partial charge in [0.1, 0.15) is 5.52 Å². The molecule has 0 spiro atoms. The summed E-state index contributed by atoms with van der Waals surface area (Å²) in [7, 11) is 1.43. The van der Waals surface area contributed by atoms with Crippen LogP contribution < -0.4 is 10.2 Å². The second-order valence-corrected chi connectivity index (χ2v) is 6.20. The number of hydrogen-bond donors (Lipinski definition) is 1. The third kappa shape index (κ3) is 2.97. The van der Waals surface area contributed by atoms with Crippen LogP contribution in [-0.2, 0) is 6.18 Å². The van der Waals surface area contributed by atoms with Crippen molar-refractivity contribution < 1.29 is 18.0 Å². The van der Waals surface area contributed by atoms with Crippen LogP contribution in [-0.4, -0.2) is 36.0 Å². The standard InChI is InChI=1S/C14H15F3N4OS/c1-18-12(22)8-7-23-10-9(8)19-13(20-11(10)14(15,16)17)21-5-3-2-4-6-21/h7H,2-6H2,1H3,(H,18,22). The van der Waals surface area contributed by atoms with Crippen molar-refractivity contribution in [3.8, 4) is 0 Å². The monoisotopic (exact) mass is 344 g/mol. The van der Waals surface area contributed by atoms with E-state index >= 15 is 0 Å². The van der Waals surface area contributed by atoms with Crippen LogP contribution in [0.5, 0.6) is 0 Å². The summed E-state index contributed by atoms with van der Waals surface area (Å²) in [5.74, 6) is -0.402. The highest BCUT2D eigenvalue weighted by atomic mass is 32.1. The molecule has 0 atom stereocenters. The van der Waals surface area contributed by atoms with E-state index in [-0.39, 0.29) is 21.7 Å². The van der Waals surface area contributed by atoms with Gasteiger partial charge in [-0.15, -0.1) is 11.3 Å². The Morgan fingerprint density at radius 2 is 1.96 bits per heavy atom. The van der Waals surface area contributed by atoms with Crippen LogP contribution in [0.4, 0.5) is 19.1 Å². The molecule has 1 aliphatic heterocycles. The quantitative estimate of drug-likeness (QED) is 0.910. The molecule has 3 heterocycles. The SMILES string of the molecule is CNC(=O)c1csc2c(C(F)(F)F)nc(N3CCCCC3)nc12. The summed E-state index contributed by atoms with van der Waals surface area (Å²) >= 11 is 0.842. The van der Waals surface area contributed by atoms with Crippen LogP contribution in [0, 0.1) is 0 Å². The number of alkyl halides is 3. The molecule has 2 aromatic heterocycles. The molecule has 1 amide bonds. The third-order valence-electron chi connectivity index (χ3n) is 3.78. The molecule has 0 radical (unpaired) electrons. The maximum Gasteiger partial charge on any atom is 0.434 e. The van der Waals surface area contributed by atoms with Crippen molar-refractivity contribution >= 4 is 33.4 Å². The highest BCUT2D eigenvalue weighted by Crippen LogP contribution is 2.38. The smallest absolute Gasteiger partial charge is 0.355 e. The van der Waals surface area contributed by atoms with E-state index in [0.29, 0.717) is 13.1 Å². The molecular weight excluding hydrogens is 329 g/mol. The molecule has 3 rings (SSSR count). The van der Waals surface area contributed by atoms with Gasteiger partial charge in [-0.25, -0.2) is 9.97 Å². The number of carbonyl (C=O) groups excluding carboxylic acids is 1. The van der Waals surface area contributed by atoms with Gasteiger partial charge in [0.15, 0.2) is 5.69 Å². The zero-order chi connectivity index (χ0) is 16.6. The van der Waals surface area contributed by atoms with Gasteiger partial charge in [0, 0.05) is 25.5 Å². The number of hydrogen-bond acceptors (Lipinski definition) is 5. The Morgan fingerprint density at radius 3 is 2.57 bits per heavy atom. The fourth-order valence-electron chi connectivity index (χ4n) is 2.63. The molecule has 5 nitrogen and oxygen atoms in total. The Balaban J connectivity index is 2.19. The Hall–Kier alpha value is -1.90. The highest BCUT2D eigenvalue weighted by Gasteiger charge is 2.37. The molecule has 9 heteroatoms. The van der Waals surface area contributed by atoms with Crippen LogP contribution in [0.25, 0.3) is 10.2 Å². The minimum atomic E-state index is -4.59. The fraction of sp³-hybridized carbons (Fsp3) is 0.500. The van der Waals surface area contributed by atoms with Gasteiger partial charge in [-0.05, 0) is 19.3 Å². The Labute approximate surface area is 134 Å². The maximum absolute atomic E-state index is 13.4. The molecule has 1 fully saturated rings. The van der Waals surface area contributed by atoms with Gasteiger partial charge >= 0.3 is 6.18 Å². The fourth-order valence-corrected chi connectivity index (χ4v) is 3.62. The van der Waals surface area contributed by atoms with Crippen molar-refractivity contribution in [2.45, 2.75) is 25.4 Å². The molecule has 0 aliphatic carbocycles. The van der Waals surface area contributed by atoms with E-state index in [4.69, 9.17) is 0 Å². The zero-order valence-corrected chi connectivity index (χ0v) is 13.2. The molecule has 0 saturated carbocycles. The molecule has 0 aromatic carbocycles. The number of piperidine rings is 1. The van der Waals surface area contributed by atoms with Gasteiger partial charge in [0.2, 0.25) is 5.95 Å². The van der Waals surface area contributed by atoms with Crippen molar-refractivity contribution in [3.63, 3.8) is 0 Å². The van der Waals surface area contributed by atoms with Crippen LogP contribution >= 0.6 is 11.3 Å². The van der Waals surface area contributed by atoms with E-state index in [9.17, 15) is 18.0 Å². The summed E-state index contributed by atoms with van der Waals surface area (Å²) in [6, 6.07) is 0. The number of carbonyl (C=O) groups is 1. The number of anilines is 1. The number of halogens is 3. The highest BCUT2D eigenvalue weighted by molar-refractivity contribution is 7.17. The number of aromatic nitrogens is 2. The van der Waals surface area contributed by atoms with Gasteiger partial charge in [0.25, 0.3) is 5.91 Å². The summed E-state index contributed by atoms with van der Waals surface area (Å²) < 4.78 is 40.0. The van der Waals surface area contributed by atoms with E-state index in [1.165, 1.54) is 12.4 Å². The number of nitrogens with zero attached hydrogens (tertiary/aromatic N) is 3. The van der Waals surface area contributed by atoms with Crippen LogP contribution in [0.15, 0.2) is 5.38 Å². The van der Waals surface area contributed by atoms with Gasteiger partial charge in [-0.2, -0.15) is 13.2 Å². The van der Waals surface area contributed by atoms with Crippen LogP contribution in [0.2, 0.25) is 0 Å². The van der Waals surface area contributed by atoms with Crippen molar-refractivity contribution in [2.24, 2.45) is 0 Å². The number of nitrogens with one attached hydrogen (secondary N) is 1. The van der Waals surface area contributed by atoms with Gasteiger partial charge in [-0.3, -0.25) is 4.79 Å². The van der Waals surface area contributed by atoms with E-state index in [2.05, 4.69) is 15.3 Å². The second-order valence-electron chi connectivity index (χ2n) is 5.32. The molecule has 0 unspecified atom stereocenters. The van der Waals surface area contributed by atoms with Gasteiger partial charge < -0.3 is 10.2 Å². The van der Waals surface area contributed by atoms with Crippen LogP contribution in [0.1, 0.15) is 35.3 Å². The Bertz CT molecular complexity index is 737. The zero-order valence-electron chi connectivity index (χ0n) is 12.4.